The third-order valence-corrected chi connectivity index (χ3v) is 2.09. The number of piperazine rings is 1. The number of pyridine rings is 1. The molecule has 3 heteroatoms. The second kappa shape index (κ2) is 3.65. The Labute approximate surface area is 72.2 Å². The molecular formula is C9H13N3. The molecule has 0 aliphatic carbocycles. The van der Waals surface area contributed by atoms with E-state index in [9.17, 15) is 0 Å². The van der Waals surface area contributed by atoms with Gasteiger partial charge in [-0.15, -0.1) is 0 Å². The summed E-state index contributed by atoms with van der Waals surface area (Å²) in [6.45, 7) is 3.07. The fraction of sp³-hybridized carbons (Fsp3) is 0.444. The fourth-order valence-corrected chi connectivity index (χ4v) is 1.44. The van der Waals surface area contributed by atoms with Crippen LogP contribution in [-0.4, -0.2) is 24.6 Å². The van der Waals surface area contributed by atoms with Gasteiger partial charge in [-0.25, -0.2) is 0 Å². The van der Waals surface area contributed by atoms with E-state index >= 15 is 0 Å². The minimum absolute atomic E-state index is 0.389. The second-order valence-corrected chi connectivity index (χ2v) is 2.97. The molecule has 1 aromatic rings. The van der Waals surface area contributed by atoms with Crippen LogP contribution in [0.3, 0.4) is 0 Å². The lowest BCUT2D eigenvalue weighted by atomic mass is 10.1. The highest BCUT2D eigenvalue weighted by Crippen LogP contribution is 2.08. The van der Waals surface area contributed by atoms with Crippen LogP contribution in [0.2, 0.25) is 0 Å². The molecule has 3 nitrogen and oxygen atoms in total. The van der Waals surface area contributed by atoms with Gasteiger partial charge in [0.25, 0.3) is 0 Å². The van der Waals surface area contributed by atoms with Crippen LogP contribution in [-0.2, 0) is 0 Å². The summed E-state index contributed by atoms with van der Waals surface area (Å²) in [6.07, 6.45) is 1.84. The van der Waals surface area contributed by atoms with Gasteiger partial charge in [0, 0.05) is 25.8 Å². The molecule has 0 radical (unpaired) electrons. The lowest BCUT2D eigenvalue weighted by molar-refractivity contribution is 0.423. The molecule has 2 heterocycles. The van der Waals surface area contributed by atoms with E-state index in [1.165, 1.54) is 0 Å². The maximum Gasteiger partial charge on any atom is 0.0622 e. The van der Waals surface area contributed by atoms with Gasteiger partial charge >= 0.3 is 0 Å². The molecule has 1 aromatic heterocycles. The van der Waals surface area contributed by atoms with E-state index in [1.807, 2.05) is 18.3 Å². The molecule has 64 valence electrons. The lowest BCUT2D eigenvalue weighted by Crippen LogP contribution is -2.42. The van der Waals surface area contributed by atoms with Crippen molar-refractivity contribution in [3.05, 3.63) is 30.1 Å². The monoisotopic (exact) mass is 163 g/mol. The molecule has 0 amide bonds. The van der Waals surface area contributed by atoms with Gasteiger partial charge in [0.2, 0.25) is 0 Å². The largest absolute Gasteiger partial charge is 0.314 e. The minimum Gasteiger partial charge on any atom is -0.314 e. The third-order valence-electron chi connectivity index (χ3n) is 2.09. The van der Waals surface area contributed by atoms with E-state index in [4.69, 9.17) is 0 Å². The molecule has 12 heavy (non-hydrogen) atoms. The maximum atomic E-state index is 4.30. The van der Waals surface area contributed by atoms with E-state index < -0.39 is 0 Å². The summed E-state index contributed by atoms with van der Waals surface area (Å²) in [6, 6.07) is 6.42. The van der Waals surface area contributed by atoms with Crippen LogP contribution in [0, 0.1) is 0 Å². The number of hydrogen-bond acceptors (Lipinski definition) is 3. The van der Waals surface area contributed by atoms with Gasteiger partial charge in [-0.1, -0.05) is 6.07 Å². The summed E-state index contributed by atoms with van der Waals surface area (Å²) in [5.41, 5.74) is 1.13. The van der Waals surface area contributed by atoms with Gasteiger partial charge in [-0.3, -0.25) is 4.98 Å². The van der Waals surface area contributed by atoms with Gasteiger partial charge in [0.1, 0.15) is 0 Å². The third kappa shape index (κ3) is 1.62. The van der Waals surface area contributed by atoms with Gasteiger partial charge in [0.05, 0.1) is 11.7 Å². The van der Waals surface area contributed by atoms with Crippen molar-refractivity contribution in [2.75, 3.05) is 19.6 Å². The molecule has 0 bridgehead atoms. The highest BCUT2D eigenvalue weighted by Gasteiger charge is 2.13. The Kier molecular flexibility index (Phi) is 2.34. The summed E-state index contributed by atoms with van der Waals surface area (Å²) < 4.78 is 0. The first-order valence-corrected chi connectivity index (χ1v) is 4.32. The zero-order chi connectivity index (χ0) is 8.23. The number of nitrogens with zero attached hydrogens (tertiary/aromatic N) is 1. The molecule has 1 fully saturated rings. The highest BCUT2D eigenvalue weighted by molar-refractivity contribution is 5.09. The Bertz CT molecular complexity index is 229. The van der Waals surface area contributed by atoms with Crippen molar-refractivity contribution in [3.8, 4) is 0 Å². The Balaban J connectivity index is 2.08. The van der Waals surface area contributed by atoms with Crippen molar-refractivity contribution in [3.63, 3.8) is 0 Å². The first-order valence-electron chi connectivity index (χ1n) is 4.32. The predicted octanol–water partition coefficient (Wildman–Crippen LogP) is 0.315. The van der Waals surface area contributed by atoms with Crippen LogP contribution in [0.5, 0.6) is 0 Å². The van der Waals surface area contributed by atoms with Crippen molar-refractivity contribution < 1.29 is 0 Å². The normalized spacial score (nSPS) is 23.8. The summed E-state index contributed by atoms with van der Waals surface area (Å²) in [5, 5.41) is 6.74. The molecule has 0 aromatic carbocycles. The molecule has 0 unspecified atom stereocenters. The molecular weight excluding hydrogens is 150 g/mol. The van der Waals surface area contributed by atoms with Gasteiger partial charge in [-0.2, -0.15) is 0 Å². The lowest BCUT2D eigenvalue weighted by Gasteiger charge is -2.23. The summed E-state index contributed by atoms with van der Waals surface area (Å²) in [4.78, 5) is 4.30. The molecule has 2 N–H and O–H groups in total. The van der Waals surface area contributed by atoms with E-state index in [-0.39, 0.29) is 0 Å². The van der Waals surface area contributed by atoms with Crippen LogP contribution in [0.15, 0.2) is 24.4 Å². The van der Waals surface area contributed by atoms with Crippen molar-refractivity contribution in [1.29, 1.82) is 0 Å². The SMILES string of the molecule is c1ccc([C@H]2CNCCN2)nc1. The Morgan fingerprint density at radius 1 is 1.33 bits per heavy atom. The molecule has 1 aliphatic rings. The maximum absolute atomic E-state index is 4.30. The molecule has 0 spiro atoms. The van der Waals surface area contributed by atoms with Crippen LogP contribution in [0.25, 0.3) is 0 Å². The smallest absolute Gasteiger partial charge is 0.0622 e. The first-order chi connectivity index (χ1) is 5.97. The Hall–Kier alpha value is -0.930. The average molecular weight is 163 g/mol. The number of aromatic nitrogens is 1. The molecule has 1 saturated heterocycles. The van der Waals surface area contributed by atoms with Crippen molar-refractivity contribution in [2.45, 2.75) is 6.04 Å². The zero-order valence-electron chi connectivity index (χ0n) is 6.96. The Morgan fingerprint density at radius 3 is 3.00 bits per heavy atom. The fourth-order valence-electron chi connectivity index (χ4n) is 1.44. The van der Waals surface area contributed by atoms with Crippen LogP contribution in [0.4, 0.5) is 0 Å². The molecule has 2 rings (SSSR count). The average Bonchev–Trinajstić information content (AvgIpc) is 2.21. The van der Waals surface area contributed by atoms with Crippen LogP contribution >= 0.6 is 0 Å². The quantitative estimate of drug-likeness (QED) is 0.626. The van der Waals surface area contributed by atoms with Crippen molar-refractivity contribution in [1.82, 2.24) is 15.6 Å². The standard InChI is InChI=1S/C9H13N3/c1-2-4-11-8(3-1)9-7-10-5-6-12-9/h1-4,9-10,12H,5-7H2/t9-/m1/s1. The topological polar surface area (TPSA) is 37.0 Å². The minimum atomic E-state index is 0.389. The van der Waals surface area contributed by atoms with E-state index in [1.54, 1.807) is 0 Å². The summed E-state index contributed by atoms with van der Waals surface area (Å²) in [7, 11) is 0. The number of rotatable bonds is 1. The predicted molar refractivity (Wildman–Crippen MR) is 47.9 cm³/mol. The van der Waals surface area contributed by atoms with Crippen molar-refractivity contribution >= 4 is 0 Å². The number of nitrogens with one attached hydrogen (secondary N) is 2. The van der Waals surface area contributed by atoms with Gasteiger partial charge < -0.3 is 10.6 Å². The van der Waals surface area contributed by atoms with Crippen LogP contribution in [0.1, 0.15) is 11.7 Å². The number of hydrogen-bond donors (Lipinski definition) is 2. The van der Waals surface area contributed by atoms with E-state index in [2.05, 4.69) is 21.7 Å². The summed E-state index contributed by atoms with van der Waals surface area (Å²) >= 11 is 0. The van der Waals surface area contributed by atoms with Crippen LogP contribution < -0.4 is 10.6 Å². The molecule has 1 atom stereocenters. The Morgan fingerprint density at radius 2 is 2.33 bits per heavy atom. The summed E-state index contributed by atoms with van der Waals surface area (Å²) in [5.74, 6) is 0. The van der Waals surface area contributed by atoms with Gasteiger partial charge in [-0.05, 0) is 12.1 Å². The van der Waals surface area contributed by atoms with E-state index in [0.29, 0.717) is 6.04 Å². The first kappa shape index (κ1) is 7.71. The van der Waals surface area contributed by atoms with Gasteiger partial charge in [0.15, 0.2) is 0 Å². The highest BCUT2D eigenvalue weighted by atomic mass is 15.1. The zero-order valence-corrected chi connectivity index (χ0v) is 6.96. The molecule has 1 aliphatic heterocycles. The molecule has 0 saturated carbocycles. The van der Waals surface area contributed by atoms with Crippen molar-refractivity contribution in [2.24, 2.45) is 0 Å². The second-order valence-electron chi connectivity index (χ2n) is 2.97. The van der Waals surface area contributed by atoms with E-state index in [0.717, 1.165) is 25.3 Å².